The minimum atomic E-state index is -1.48. The van der Waals surface area contributed by atoms with Crippen molar-refractivity contribution in [3.63, 3.8) is 0 Å². The number of rotatable bonds is 4. The molecule has 0 aliphatic rings. The molecule has 8 nitrogen and oxygen atoms in total. The molecular weight excluding hydrogens is 408 g/mol. The van der Waals surface area contributed by atoms with E-state index in [1.54, 1.807) is 0 Å². The largest absolute Gasteiger partial charge is 2.00 e. The molecule has 0 saturated heterocycles. The van der Waals surface area contributed by atoms with Gasteiger partial charge in [-0.05, 0) is 13.8 Å². The average molecular weight is 429 g/mol. The monoisotopic (exact) mass is 428 g/mol. The Kier molecular flexibility index (Phi) is 33.2. The molecule has 0 bridgehead atoms. The molecule has 0 rings (SSSR count). The van der Waals surface area contributed by atoms with Gasteiger partial charge in [0.15, 0.2) is 0 Å². The first-order valence-electron chi connectivity index (χ1n) is 4.79. The zero-order valence-electron chi connectivity index (χ0n) is 20.5. The summed E-state index contributed by atoms with van der Waals surface area (Å²) in [7, 11) is 0. The first kappa shape index (κ1) is 36.0. The van der Waals surface area contributed by atoms with Gasteiger partial charge in [0, 0.05) is 12.2 Å². The van der Waals surface area contributed by atoms with Crippen LogP contribution in [-0.2, 0) is 28.7 Å². The molecule has 12 heteroatoms. The standard InChI is InChI=1S/C10H12O8.4Ca.8H/c1-5(11)9(15)17-7(13)3-4-8(14)18-10(16)6(2)12;;;;;;;;;;;;/h3-6,11-12H,1-2H3;;;;;;;;;;;;/q;4*+2;8*-1/b4-3+;;;;;;;;;;;;. The number of hydrogen-bond acceptors (Lipinski definition) is 8. The van der Waals surface area contributed by atoms with Crippen molar-refractivity contribution in [2.24, 2.45) is 0 Å². The Labute approximate surface area is 258 Å². The number of aliphatic hydroxyl groups excluding tert-OH is 2. The summed E-state index contributed by atoms with van der Waals surface area (Å²) in [6, 6.07) is 0. The van der Waals surface area contributed by atoms with Gasteiger partial charge >= 0.3 is 175 Å². The molecule has 0 heterocycles. The summed E-state index contributed by atoms with van der Waals surface area (Å²) >= 11 is 0. The van der Waals surface area contributed by atoms with Crippen LogP contribution in [0.1, 0.15) is 25.3 Å². The van der Waals surface area contributed by atoms with E-state index >= 15 is 0 Å². The Morgan fingerprint density at radius 3 is 1.18 bits per heavy atom. The third-order valence-corrected chi connectivity index (χ3v) is 1.44. The molecule has 0 aliphatic heterocycles. The van der Waals surface area contributed by atoms with Crippen molar-refractivity contribution in [2.75, 3.05) is 0 Å². The van der Waals surface area contributed by atoms with Crippen molar-refractivity contribution >= 4 is 175 Å². The maximum atomic E-state index is 10.9. The number of esters is 4. The minimum Gasteiger partial charge on any atom is -1.00 e. The van der Waals surface area contributed by atoms with Gasteiger partial charge in [0.25, 0.3) is 0 Å². The predicted octanol–water partition coefficient (Wildman–Crippen LogP) is -2.18. The summed E-state index contributed by atoms with van der Waals surface area (Å²) in [6.45, 7) is 2.18. The van der Waals surface area contributed by atoms with Crippen LogP contribution in [0.25, 0.3) is 0 Å². The molecule has 2 N–H and O–H groups in total. The smallest absolute Gasteiger partial charge is 1.00 e. The minimum absolute atomic E-state index is 0. The van der Waals surface area contributed by atoms with E-state index in [1.165, 1.54) is 0 Å². The molecule has 0 spiro atoms. The SMILES string of the molecule is CC(O)C(=O)OC(=O)/C=C/C(=O)OC(=O)C(C)O.[Ca+2].[Ca+2].[Ca+2].[Ca+2].[H-].[H-].[H-].[H-].[H-].[H-].[H-].[H-]. The van der Waals surface area contributed by atoms with Gasteiger partial charge in [-0.3, -0.25) is 0 Å². The number of ether oxygens (including phenoxy) is 2. The molecule has 116 valence electrons. The van der Waals surface area contributed by atoms with Gasteiger partial charge in [0.1, 0.15) is 12.2 Å². The Hall–Kier alpha value is 2.98. The Morgan fingerprint density at radius 1 is 0.773 bits per heavy atom. The molecule has 0 aromatic rings. The predicted molar refractivity (Wildman–Crippen MR) is 86.6 cm³/mol. The first-order chi connectivity index (χ1) is 8.23. The van der Waals surface area contributed by atoms with E-state index in [0.29, 0.717) is 12.2 Å². The number of carbonyl (C=O) groups excluding carboxylic acids is 4. The Bertz CT molecular complexity index is 383. The van der Waals surface area contributed by atoms with Gasteiger partial charge in [-0.15, -0.1) is 0 Å². The molecule has 0 radical (unpaired) electrons. The Balaban J connectivity index is -0.0000000219. The van der Waals surface area contributed by atoms with E-state index in [4.69, 9.17) is 10.2 Å². The second-order valence-corrected chi connectivity index (χ2v) is 3.17. The molecule has 0 aromatic heterocycles. The van der Waals surface area contributed by atoms with Gasteiger partial charge in [-0.25, -0.2) is 19.2 Å². The molecule has 0 amide bonds. The van der Waals surface area contributed by atoms with Crippen LogP contribution in [0.2, 0.25) is 0 Å². The average Bonchev–Trinajstić information content (AvgIpc) is 2.25. The first-order valence-corrected chi connectivity index (χ1v) is 4.79. The molecule has 0 aromatic carbocycles. The van der Waals surface area contributed by atoms with Crippen molar-refractivity contribution in [1.29, 1.82) is 0 Å². The molecule has 2 atom stereocenters. The van der Waals surface area contributed by atoms with Crippen LogP contribution in [0.4, 0.5) is 0 Å². The maximum absolute atomic E-state index is 10.9. The third-order valence-electron chi connectivity index (χ3n) is 1.44. The summed E-state index contributed by atoms with van der Waals surface area (Å²) in [6.07, 6.45) is -1.88. The van der Waals surface area contributed by atoms with E-state index in [9.17, 15) is 19.2 Å². The van der Waals surface area contributed by atoms with Crippen LogP contribution in [0.5, 0.6) is 0 Å². The second kappa shape index (κ2) is 20.3. The van der Waals surface area contributed by atoms with Crippen LogP contribution in [0, 0.1) is 0 Å². The van der Waals surface area contributed by atoms with Gasteiger partial charge in [0.2, 0.25) is 0 Å². The van der Waals surface area contributed by atoms with E-state index in [-0.39, 0.29) is 162 Å². The molecule has 2 unspecified atom stereocenters. The van der Waals surface area contributed by atoms with Gasteiger partial charge in [-0.1, -0.05) is 0 Å². The van der Waals surface area contributed by atoms with Crippen LogP contribution in [0.15, 0.2) is 12.2 Å². The molecule has 0 saturated carbocycles. The summed E-state index contributed by atoms with van der Waals surface area (Å²) < 4.78 is 8.12. The van der Waals surface area contributed by atoms with E-state index in [0.717, 1.165) is 13.8 Å². The molecule has 22 heavy (non-hydrogen) atoms. The number of hydrogen-bond donors (Lipinski definition) is 2. The fourth-order valence-corrected chi connectivity index (χ4v) is 0.573. The van der Waals surface area contributed by atoms with Gasteiger partial charge < -0.3 is 31.1 Å². The van der Waals surface area contributed by atoms with E-state index in [2.05, 4.69) is 9.47 Å². The van der Waals surface area contributed by atoms with Crippen molar-refractivity contribution in [3.05, 3.63) is 12.2 Å². The van der Waals surface area contributed by atoms with Crippen molar-refractivity contribution in [1.82, 2.24) is 0 Å². The van der Waals surface area contributed by atoms with E-state index in [1.807, 2.05) is 0 Å². The second-order valence-electron chi connectivity index (χ2n) is 3.17. The molecule has 0 fully saturated rings. The Morgan fingerprint density at radius 2 is 1.00 bits per heavy atom. The number of aliphatic hydroxyl groups is 2. The summed E-state index contributed by atoms with van der Waals surface area (Å²) in [5.74, 6) is -4.78. The summed E-state index contributed by atoms with van der Waals surface area (Å²) in [5.41, 5.74) is 0. The fourth-order valence-electron chi connectivity index (χ4n) is 0.573. The topological polar surface area (TPSA) is 127 Å². The van der Waals surface area contributed by atoms with Crippen molar-refractivity contribution in [2.45, 2.75) is 26.1 Å². The third kappa shape index (κ3) is 19.3. The quantitative estimate of drug-likeness (QED) is 0.224. The zero-order valence-corrected chi connectivity index (χ0v) is 21.3. The zero-order chi connectivity index (χ0) is 14.3. The van der Waals surface area contributed by atoms with Crippen LogP contribution < -0.4 is 0 Å². The molecular formula is C10H20Ca4O8. The summed E-state index contributed by atoms with van der Waals surface area (Å²) in [4.78, 5) is 43.3. The van der Waals surface area contributed by atoms with Gasteiger partial charge in [-0.2, -0.15) is 0 Å². The fraction of sp³-hybridized carbons (Fsp3) is 0.400. The van der Waals surface area contributed by atoms with Crippen LogP contribution in [0.3, 0.4) is 0 Å². The summed E-state index contributed by atoms with van der Waals surface area (Å²) in [5, 5.41) is 17.4. The normalized spacial score (nSPS) is 11.3. The van der Waals surface area contributed by atoms with Crippen molar-refractivity contribution in [3.8, 4) is 0 Å². The van der Waals surface area contributed by atoms with Gasteiger partial charge in [0.05, 0.1) is 0 Å². The van der Waals surface area contributed by atoms with Crippen LogP contribution >= 0.6 is 0 Å². The van der Waals surface area contributed by atoms with E-state index < -0.39 is 36.1 Å². The molecule has 0 aliphatic carbocycles. The maximum Gasteiger partial charge on any atom is 2.00 e. The van der Waals surface area contributed by atoms with Crippen LogP contribution in [-0.4, -0.2) is 197 Å². The number of carbonyl (C=O) groups is 4. The van der Waals surface area contributed by atoms with Crippen molar-refractivity contribution < 1.29 is 50.3 Å².